The van der Waals surface area contributed by atoms with Gasteiger partial charge in [-0.1, -0.05) is 18.3 Å². The Balaban J connectivity index is 2.85. The lowest BCUT2D eigenvalue weighted by atomic mass is 10.1. The highest BCUT2D eigenvalue weighted by Gasteiger charge is 2.24. The fourth-order valence-electron chi connectivity index (χ4n) is 1.08. The number of nitrogens with zero attached hydrogens (tertiary/aromatic N) is 1. The van der Waals surface area contributed by atoms with E-state index in [1.807, 2.05) is 13.0 Å². The zero-order chi connectivity index (χ0) is 12.3. The Morgan fingerprint density at radius 1 is 1.50 bits per heavy atom. The average Bonchev–Trinajstić information content (AvgIpc) is 2.16. The Hall–Kier alpha value is -1.49. The Kier molecular flexibility index (Phi) is 3.59. The second-order valence-electron chi connectivity index (χ2n) is 4.11. The molecule has 5 heteroatoms. The maximum atomic E-state index is 11.8. The summed E-state index contributed by atoms with van der Waals surface area (Å²) in [5.41, 5.74) is 5.97. The maximum absolute atomic E-state index is 11.8. The predicted octanol–water partition coefficient (Wildman–Crippen LogP) is 1.18. The van der Waals surface area contributed by atoms with Crippen LogP contribution in [0.25, 0.3) is 0 Å². The van der Waals surface area contributed by atoms with Crippen LogP contribution >= 0.6 is 12.2 Å². The predicted molar refractivity (Wildman–Crippen MR) is 67.3 cm³/mol. The van der Waals surface area contributed by atoms with Crippen LogP contribution in [-0.4, -0.2) is 21.4 Å². The molecule has 0 aromatic carbocycles. The first-order valence-electron chi connectivity index (χ1n) is 4.89. The summed E-state index contributed by atoms with van der Waals surface area (Å²) in [5.74, 6) is -0.276. The van der Waals surface area contributed by atoms with E-state index in [1.165, 1.54) is 0 Å². The van der Waals surface area contributed by atoms with E-state index in [4.69, 9.17) is 18.0 Å². The summed E-state index contributed by atoms with van der Waals surface area (Å²) in [4.78, 5) is 16.2. The third-order valence-corrected chi connectivity index (χ3v) is 2.67. The van der Waals surface area contributed by atoms with E-state index in [1.54, 1.807) is 26.0 Å². The number of nitrogens with two attached hydrogens (primary N) is 1. The third kappa shape index (κ3) is 3.00. The summed E-state index contributed by atoms with van der Waals surface area (Å²) in [7, 11) is 0. The molecule has 1 amide bonds. The summed E-state index contributed by atoms with van der Waals surface area (Å²) in [5, 5.41) is 2.73. The lowest BCUT2D eigenvalue weighted by Crippen LogP contribution is -2.52. The summed E-state index contributed by atoms with van der Waals surface area (Å²) in [6.45, 7) is 5.33. The molecule has 0 bridgehead atoms. The number of amides is 1. The van der Waals surface area contributed by atoms with Gasteiger partial charge in [0.1, 0.15) is 5.69 Å². The second-order valence-corrected chi connectivity index (χ2v) is 4.55. The van der Waals surface area contributed by atoms with Gasteiger partial charge in [0.15, 0.2) is 0 Å². The number of rotatable bonds is 3. The molecule has 0 aliphatic rings. The number of nitrogens with one attached hydrogen (secondary N) is 1. The molecule has 1 heterocycles. The summed E-state index contributed by atoms with van der Waals surface area (Å²) in [6, 6.07) is 5.26. The second kappa shape index (κ2) is 4.57. The molecule has 0 saturated heterocycles. The lowest BCUT2D eigenvalue weighted by Gasteiger charge is -2.24. The minimum absolute atomic E-state index is 0.244. The van der Waals surface area contributed by atoms with Gasteiger partial charge in [-0.2, -0.15) is 0 Å². The van der Waals surface area contributed by atoms with E-state index in [2.05, 4.69) is 10.3 Å². The van der Waals surface area contributed by atoms with E-state index >= 15 is 0 Å². The molecule has 0 aliphatic carbocycles. The fourth-order valence-corrected chi connectivity index (χ4v) is 1.13. The van der Waals surface area contributed by atoms with Crippen molar-refractivity contribution in [3.63, 3.8) is 0 Å². The molecule has 4 nitrogen and oxygen atoms in total. The SMILES string of the molecule is Cc1cccc(C(=O)NC(C)(C)C(N)=S)n1. The van der Waals surface area contributed by atoms with Crippen molar-refractivity contribution in [3.05, 3.63) is 29.6 Å². The van der Waals surface area contributed by atoms with Gasteiger partial charge in [-0.15, -0.1) is 0 Å². The van der Waals surface area contributed by atoms with Crippen LogP contribution in [0.1, 0.15) is 30.0 Å². The molecule has 0 aliphatic heterocycles. The molecule has 0 atom stereocenters. The van der Waals surface area contributed by atoms with Crippen LogP contribution in [0.15, 0.2) is 18.2 Å². The normalized spacial score (nSPS) is 10.9. The number of thiocarbonyl (C=S) groups is 1. The smallest absolute Gasteiger partial charge is 0.270 e. The van der Waals surface area contributed by atoms with Crippen LogP contribution in [0.3, 0.4) is 0 Å². The van der Waals surface area contributed by atoms with Crippen LogP contribution in [0.4, 0.5) is 0 Å². The highest BCUT2D eigenvalue weighted by atomic mass is 32.1. The molecular formula is C11H15N3OS. The van der Waals surface area contributed by atoms with Crippen molar-refractivity contribution in [1.29, 1.82) is 0 Å². The molecule has 0 spiro atoms. The molecule has 1 aromatic rings. The number of carbonyl (C=O) groups is 1. The lowest BCUT2D eigenvalue weighted by molar-refractivity contribution is 0.0927. The molecule has 0 radical (unpaired) electrons. The van der Waals surface area contributed by atoms with Gasteiger partial charge in [0.25, 0.3) is 5.91 Å². The highest BCUT2D eigenvalue weighted by molar-refractivity contribution is 7.80. The van der Waals surface area contributed by atoms with Crippen molar-refractivity contribution in [2.45, 2.75) is 26.3 Å². The molecule has 3 N–H and O–H groups in total. The van der Waals surface area contributed by atoms with Crippen molar-refractivity contribution >= 4 is 23.1 Å². The van der Waals surface area contributed by atoms with E-state index in [-0.39, 0.29) is 10.9 Å². The third-order valence-electron chi connectivity index (χ3n) is 2.16. The largest absolute Gasteiger partial charge is 0.391 e. The van der Waals surface area contributed by atoms with Crippen LogP contribution in [0, 0.1) is 6.92 Å². The first-order valence-corrected chi connectivity index (χ1v) is 5.30. The Bertz CT molecular complexity index is 429. The standard InChI is InChI=1S/C11H15N3OS/c1-7-5-4-6-8(13-7)9(15)14-11(2,3)10(12)16/h4-6H,1-3H3,(H2,12,16)(H,14,15). The minimum Gasteiger partial charge on any atom is -0.391 e. The zero-order valence-corrected chi connectivity index (χ0v) is 10.4. The van der Waals surface area contributed by atoms with Crippen molar-refractivity contribution in [2.24, 2.45) is 5.73 Å². The summed E-state index contributed by atoms with van der Waals surface area (Å²) in [6.07, 6.45) is 0. The van der Waals surface area contributed by atoms with Gasteiger partial charge in [0.2, 0.25) is 0 Å². The van der Waals surface area contributed by atoms with Crippen LogP contribution < -0.4 is 11.1 Å². The molecule has 1 aromatic heterocycles. The van der Waals surface area contributed by atoms with Gasteiger partial charge < -0.3 is 11.1 Å². The van der Waals surface area contributed by atoms with Crippen molar-refractivity contribution in [1.82, 2.24) is 10.3 Å². The molecule has 86 valence electrons. The van der Waals surface area contributed by atoms with Gasteiger partial charge in [-0.3, -0.25) is 4.79 Å². The maximum Gasteiger partial charge on any atom is 0.270 e. The van der Waals surface area contributed by atoms with Gasteiger partial charge in [-0.25, -0.2) is 4.98 Å². The van der Waals surface area contributed by atoms with E-state index in [0.29, 0.717) is 5.69 Å². The Morgan fingerprint density at radius 3 is 2.62 bits per heavy atom. The van der Waals surface area contributed by atoms with Gasteiger partial charge >= 0.3 is 0 Å². The topological polar surface area (TPSA) is 68.0 Å². The first-order chi connectivity index (χ1) is 7.33. The monoisotopic (exact) mass is 237 g/mol. The number of hydrogen-bond acceptors (Lipinski definition) is 3. The highest BCUT2D eigenvalue weighted by Crippen LogP contribution is 2.05. The van der Waals surface area contributed by atoms with E-state index in [9.17, 15) is 4.79 Å². The van der Waals surface area contributed by atoms with Gasteiger partial charge in [0, 0.05) is 5.69 Å². The molecule has 1 rings (SSSR count). The Labute approximate surface area is 100 Å². The zero-order valence-electron chi connectivity index (χ0n) is 9.57. The number of aromatic nitrogens is 1. The van der Waals surface area contributed by atoms with Crippen molar-refractivity contribution in [3.8, 4) is 0 Å². The number of hydrogen-bond donors (Lipinski definition) is 2. The molecule has 16 heavy (non-hydrogen) atoms. The number of aryl methyl sites for hydroxylation is 1. The van der Waals surface area contributed by atoms with Gasteiger partial charge in [0.05, 0.1) is 10.5 Å². The van der Waals surface area contributed by atoms with Gasteiger partial charge in [-0.05, 0) is 32.9 Å². The van der Waals surface area contributed by atoms with E-state index in [0.717, 1.165) is 5.69 Å². The summed E-state index contributed by atoms with van der Waals surface area (Å²) < 4.78 is 0. The van der Waals surface area contributed by atoms with Crippen molar-refractivity contribution < 1.29 is 4.79 Å². The van der Waals surface area contributed by atoms with Crippen LogP contribution in [0.2, 0.25) is 0 Å². The fraction of sp³-hybridized carbons (Fsp3) is 0.364. The first kappa shape index (κ1) is 12.6. The van der Waals surface area contributed by atoms with Crippen molar-refractivity contribution in [2.75, 3.05) is 0 Å². The average molecular weight is 237 g/mol. The molecule has 0 unspecified atom stereocenters. The molecular weight excluding hydrogens is 222 g/mol. The van der Waals surface area contributed by atoms with Crippen LogP contribution in [0.5, 0.6) is 0 Å². The van der Waals surface area contributed by atoms with Crippen LogP contribution in [-0.2, 0) is 0 Å². The summed E-state index contributed by atoms with van der Waals surface area (Å²) >= 11 is 4.87. The Morgan fingerprint density at radius 2 is 2.12 bits per heavy atom. The molecule has 0 saturated carbocycles. The van der Waals surface area contributed by atoms with E-state index < -0.39 is 5.54 Å². The molecule has 0 fully saturated rings. The number of pyridine rings is 1. The quantitative estimate of drug-likeness (QED) is 0.775. The number of carbonyl (C=O) groups excluding carboxylic acids is 1. The minimum atomic E-state index is -0.710.